The van der Waals surface area contributed by atoms with Gasteiger partial charge in [0, 0.05) is 45.3 Å². The number of pyridine rings is 1. The Bertz CT molecular complexity index is 1140. The first-order chi connectivity index (χ1) is 15.7. The number of anilines is 1. The second kappa shape index (κ2) is 10.2. The van der Waals surface area contributed by atoms with Gasteiger partial charge in [-0.2, -0.15) is 5.26 Å². The maximum atomic E-state index is 12.9. The van der Waals surface area contributed by atoms with Crippen molar-refractivity contribution in [3.63, 3.8) is 0 Å². The van der Waals surface area contributed by atoms with Crippen molar-refractivity contribution in [3.8, 4) is 6.07 Å². The van der Waals surface area contributed by atoms with Crippen LogP contribution in [0, 0.1) is 18.3 Å². The molecule has 2 saturated heterocycles. The van der Waals surface area contributed by atoms with Crippen molar-refractivity contribution in [1.29, 1.82) is 5.26 Å². The maximum Gasteiger partial charge on any atom is 0.409 e. The van der Waals surface area contributed by atoms with Gasteiger partial charge in [0.1, 0.15) is 21.8 Å². The average Bonchev–Trinajstić information content (AvgIpc) is 3.06. The van der Waals surface area contributed by atoms with Crippen LogP contribution in [0.25, 0.3) is 6.08 Å². The lowest BCUT2D eigenvalue weighted by Crippen LogP contribution is -2.50. The van der Waals surface area contributed by atoms with E-state index in [9.17, 15) is 19.6 Å². The number of aromatic nitrogens is 1. The van der Waals surface area contributed by atoms with Gasteiger partial charge < -0.3 is 14.5 Å². The molecule has 3 heterocycles. The molecule has 2 aliphatic rings. The predicted molar refractivity (Wildman–Crippen MR) is 132 cm³/mol. The van der Waals surface area contributed by atoms with Crippen LogP contribution in [0.2, 0.25) is 0 Å². The van der Waals surface area contributed by atoms with Crippen LogP contribution >= 0.6 is 24.0 Å². The normalized spacial score (nSPS) is 17.5. The Morgan fingerprint density at radius 2 is 1.97 bits per heavy atom. The highest BCUT2D eigenvalue weighted by Crippen LogP contribution is 2.35. The lowest BCUT2D eigenvalue weighted by molar-refractivity contribution is -0.121. The highest BCUT2D eigenvalue weighted by Gasteiger charge is 2.33. The molecule has 3 rings (SSSR count). The smallest absolute Gasteiger partial charge is 0.409 e. The van der Waals surface area contributed by atoms with Gasteiger partial charge in [0.2, 0.25) is 0 Å². The number of piperazine rings is 1. The van der Waals surface area contributed by atoms with E-state index >= 15 is 0 Å². The second-order valence-electron chi connectivity index (χ2n) is 7.47. The fourth-order valence-electron chi connectivity index (χ4n) is 3.83. The first-order valence-corrected chi connectivity index (χ1v) is 11.6. The highest BCUT2D eigenvalue weighted by atomic mass is 32.2. The summed E-state index contributed by atoms with van der Waals surface area (Å²) in [6, 6.07) is 1.99. The van der Waals surface area contributed by atoms with Crippen molar-refractivity contribution < 1.29 is 14.3 Å². The van der Waals surface area contributed by atoms with Gasteiger partial charge >= 0.3 is 6.09 Å². The molecule has 2 amide bonds. The van der Waals surface area contributed by atoms with Gasteiger partial charge in [-0.3, -0.25) is 19.1 Å². The first kappa shape index (κ1) is 24.5. The molecule has 2 fully saturated rings. The molecule has 0 aliphatic carbocycles. The summed E-state index contributed by atoms with van der Waals surface area (Å²) in [4.78, 5) is 43.3. The number of thiocarbonyl (C=S) groups is 1. The Hall–Kier alpha value is -3.10. The monoisotopic (exact) mass is 487 g/mol. The quantitative estimate of drug-likeness (QED) is 0.354. The Kier molecular flexibility index (Phi) is 7.61. The summed E-state index contributed by atoms with van der Waals surface area (Å²) in [5.74, 6) is 0.351. The lowest BCUT2D eigenvalue weighted by Gasteiger charge is -2.37. The molecule has 1 aromatic rings. The van der Waals surface area contributed by atoms with E-state index in [1.54, 1.807) is 37.9 Å². The van der Waals surface area contributed by atoms with Crippen molar-refractivity contribution in [3.05, 3.63) is 44.6 Å². The zero-order valence-electron chi connectivity index (χ0n) is 18.8. The predicted octanol–water partition coefficient (Wildman–Crippen LogP) is 2.23. The fraction of sp³-hybridized carbons (Fsp3) is 0.409. The summed E-state index contributed by atoms with van der Waals surface area (Å²) in [5.41, 5.74) is 0.725. The summed E-state index contributed by atoms with van der Waals surface area (Å²) in [5, 5.41) is 9.59. The number of nitriles is 1. The van der Waals surface area contributed by atoms with E-state index in [-0.39, 0.29) is 17.6 Å². The third-order valence-electron chi connectivity index (χ3n) is 5.53. The summed E-state index contributed by atoms with van der Waals surface area (Å²) in [7, 11) is 1.61. The fourth-order valence-corrected chi connectivity index (χ4v) is 5.08. The van der Waals surface area contributed by atoms with E-state index in [4.69, 9.17) is 17.0 Å². The van der Waals surface area contributed by atoms with E-state index in [0.717, 1.165) is 0 Å². The van der Waals surface area contributed by atoms with Crippen LogP contribution in [-0.4, -0.2) is 70.0 Å². The molecule has 0 spiro atoms. The number of hydrogen-bond donors (Lipinski definition) is 0. The minimum absolute atomic E-state index is 0.0271. The molecule has 0 saturated carbocycles. The van der Waals surface area contributed by atoms with Gasteiger partial charge in [0.15, 0.2) is 0 Å². The topological polar surface area (TPSA) is 98.9 Å². The SMILES string of the molecule is C=CCN1C(=O)C(=Cc2c(C)c(C#N)c(=O)n(C)c2N2CCN(C(=O)OCC)CC2)SC1=S. The molecule has 0 aromatic carbocycles. The van der Waals surface area contributed by atoms with E-state index < -0.39 is 5.56 Å². The number of thioether (sulfide) groups is 1. The number of nitrogens with zero attached hydrogens (tertiary/aromatic N) is 5. The van der Waals surface area contributed by atoms with Crippen molar-refractivity contribution in [2.45, 2.75) is 13.8 Å². The number of rotatable bonds is 5. The van der Waals surface area contributed by atoms with E-state index in [1.807, 2.05) is 11.0 Å². The largest absolute Gasteiger partial charge is 0.450 e. The van der Waals surface area contributed by atoms with E-state index in [1.165, 1.54) is 21.2 Å². The number of carbonyl (C=O) groups is 2. The molecule has 174 valence electrons. The third-order valence-corrected chi connectivity index (χ3v) is 6.91. The molecule has 33 heavy (non-hydrogen) atoms. The number of carbonyl (C=O) groups excluding carboxylic acids is 2. The summed E-state index contributed by atoms with van der Waals surface area (Å²) < 4.78 is 6.94. The zero-order chi connectivity index (χ0) is 24.3. The lowest BCUT2D eigenvalue weighted by atomic mass is 10.0. The minimum atomic E-state index is -0.408. The van der Waals surface area contributed by atoms with E-state index in [2.05, 4.69) is 6.58 Å². The number of amides is 2. The molecule has 0 bridgehead atoms. The molecule has 11 heteroatoms. The van der Waals surface area contributed by atoms with Crippen LogP contribution in [0.5, 0.6) is 0 Å². The average molecular weight is 488 g/mol. The van der Waals surface area contributed by atoms with Crippen LogP contribution in [-0.2, 0) is 16.6 Å². The molecular weight excluding hydrogens is 462 g/mol. The molecule has 0 N–H and O–H groups in total. The molecule has 0 radical (unpaired) electrons. The molecular formula is C22H25N5O4S2. The number of ether oxygens (including phenoxy) is 1. The third kappa shape index (κ3) is 4.67. The summed E-state index contributed by atoms with van der Waals surface area (Å²) in [6.45, 7) is 9.52. The van der Waals surface area contributed by atoms with Gasteiger partial charge in [-0.25, -0.2) is 4.79 Å². The molecule has 2 aliphatic heterocycles. The van der Waals surface area contributed by atoms with Crippen LogP contribution in [0.1, 0.15) is 23.6 Å². The van der Waals surface area contributed by atoms with Crippen LogP contribution in [0.15, 0.2) is 22.4 Å². The first-order valence-electron chi connectivity index (χ1n) is 10.4. The standard InChI is InChI=1S/C22H25N5O4S2/c1-5-7-27-20(29)17(33-22(27)32)12-15-14(3)16(13-23)19(28)24(4)18(15)25-8-10-26(11-9-25)21(30)31-6-2/h5,12H,1,6-11H2,2-4H3. The van der Waals surface area contributed by atoms with Crippen molar-refractivity contribution in [2.75, 3.05) is 44.2 Å². The Morgan fingerprint density at radius 3 is 2.55 bits per heavy atom. The highest BCUT2D eigenvalue weighted by molar-refractivity contribution is 8.26. The van der Waals surface area contributed by atoms with Gasteiger partial charge in [-0.15, -0.1) is 6.58 Å². The van der Waals surface area contributed by atoms with Gasteiger partial charge in [0.05, 0.1) is 11.5 Å². The Balaban J connectivity index is 2.05. The molecule has 1 aromatic heterocycles. The molecule has 0 unspecified atom stereocenters. The minimum Gasteiger partial charge on any atom is -0.450 e. The second-order valence-corrected chi connectivity index (χ2v) is 9.14. The van der Waals surface area contributed by atoms with Gasteiger partial charge in [0.25, 0.3) is 11.5 Å². The Morgan fingerprint density at radius 1 is 1.30 bits per heavy atom. The van der Waals surface area contributed by atoms with Crippen molar-refractivity contribution in [1.82, 2.24) is 14.4 Å². The maximum absolute atomic E-state index is 12.9. The molecule has 0 atom stereocenters. The van der Waals surface area contributed by atoms with Crippen molar-refractivity contribution >= 4 is 52.2 Å². The van der Waals surface area contributed by atoms with E-state index in [0.29, 0.717) is 65.5 Å². The van der Waals surface area contributed by atoms with Crippen LogP contribution < -0.4 is 10.5 Å². The molecule has 9 nitrogen and oxygen atoms in total. The van der Waals surface area contributed by atoms with Crippen LogP contribution in [0.4, 0.5) is 10.6 Å². The summed E-state index contributed by atoms with van der Waals surface area (Å²) >= 11 is 6.51. The van der Waals surface area contributed by atoms with Gasteiger partial charge in [-0.1, -0.05) is 30.1 Å². The van der Waals surface area contributed by atoms with Crippen molar-refractivity contribution in [2.24, 2.45) is 7.05 Å². The summed E-state index contributed by atoms with van der Waals surface area (Å²) in [6.07, 6.45) is 2.94. The number of hydrogen-bond acceptors (Lipinski definition) is 8. The van der Waals surface area contributed by atoms with Gasteiger partial charge in [-0.05, 0) is 25.5 Å². The van der Waals surface area contributed by atoms with Crippen LogP contribution in [0.3, 0.4) is 0 Å². The zero-order valence-corrected chi connectivity index (χ0v) is 20.4. The Labute approximate surface area is 201 Å².